The fraction of sp³-hybridized carbons (Fsp3) is 0.714. The molecular formula is C7H5F8NO3. The van der Waals surface area contributed by atoms with E-state index in [0.717, 1.165) is 0 Å². The molecule has 0 atom stereocenters. The molecule has 0 aliphatic rings. The van der Waals surface area contributed by atoms with E-state index in [0.29, 0.717) is 5.32 Å². The van der Waals surface area contributed by atoms with E-state index < -0.39 is 42.6 Å². The van der Waals surface area contributed by atoms with Crippen molar-refractivity contribution in [3.05, 3.63) is 0 Å². The number of carboxylic acids is 1. The van der Waals surface area contributed by atoms with Crippen LogP contribution in [0.25, 0.3) is 0 Å². The van der Waals surface area contributed by atoms with Crippen LogP contribution in [0.1, 0.15) is 0 Å². The molecule has 1 amide bonds. The third kappa shape index (κ3) is 3.04. The molecule has 112 valence electrons. The number of nitrogens with one attached hydrogen (secondary N) is 1. The summed E-state index contributed by atoms with van der Waals surface area (Å²) < 4.78 is 98.6. The lowest BCUT2D eigenvalue weighted by atomic mass is 10.0. The Morgan fingerprint density at radius 3 is 1.79 bits per heavy atom. The van der Waals surface area contributed by atoms with E-state index in [4.69, 9.17) is 5.11 Å². The van der Waals surface area contributed by atoms with Crippen LogP contribution in [-0.2, 0) is 9.59 Å². The second-order valence-corrected chi connectivity index (χ2v) is 3.15. The first kappa shape index (κ1) is 17.4. The lowest BCUT2D eigenvalue weighted by molar-refractivity contribution is -0.327. The molecule has 0 aromatic rings. The van der Waals surface area contributed by atoms with Crippen LogP contribution >= 0.6 is 0 Å². The Hall–Kier alpha value is -1.62. The normalized spacial score (nSPS) is 13.5. The van der Waals surface area contributed by atoms with Gasteiger partial charge in [-0.1, -0.05) is 0 Å². The molecule has 0 fully saturated rings. The Balaban J connectivity index is 5.27. The summed E-state index contributed by atoms with van der Waals surface area (Å²) in [6.07, 6.45) is -5.15. The zero-order valence-electron chi connectivity index (χ0n) is 8.57. The summed E-state index contributed by atoms with van der Waals surface area (Å²) in [5.41, 5.74) is 0. The molecule has 0 spiro atoms. The molecule has 0 bridgehead atoms. The Labute approximate surface area is 98.9 Å². The highest BCUT2D eigenvalue weighted by atomic mass is 19.4. The van der Waals surface area contributed by atoms with Crippen molar-refractivity contribution in [2.24, 2.45) is 0 Å². The fourth-order valence-corrected chi connectivity index (χ4v) is 0.756. The number of amides is 1. The standard InChI is InChI=1S/C7H5F8NO3/c8-3(9)5(10,11)7(14,15)6(12,13)4(19)16-1-2(17)18/h3H,1H2,(H,16,19)(H,17,18). The molecule has 0 aliphatic heterocycles. The number of alkyl halides is 8. The van der Waals surface area contributed by atoms with Gasteiger partial charge in [-0.2, -0.15) is 26.3 Å². The zero-order chi connectivity index (χ0) is 15.6. The van der Waals surface area contributed by atoms with E-state index in [1.807, 2.05) is 0 Å². The Bertz CT molecular complexity index is 369. The molecule has 0 radical (unpaired) electrons. The van der Waals surface area contributed by atoms with Crippen molar-refractivity contribution in [1.82, 2.24) is 5.32 Å². The van der Waals surface area contributed by atoms with E-state index in [1.165, 1.54) is 0 Å². The maximum Gasteiger partial charge on any atom is 0.392 e. The second-order valence-electron chi connectivity index (χ2n) is 3.15. The van der Waals surface area contributed by atoms with E-state index in [2.05, 4.69) is 0 Å². The van der Waals surface area contributed by atoms with Crippen LogP contribution in [-0.4, -0.2) is 47.7 Å². The van der Waals surface area contributed by atoms with Gasteiger partial charge >= 0.3 is 30.2 Å². The first-order chi connectivity index (χ1) is 8.28. The van der Waals surface area contributed by atoms with Crippen molar-refractivity contribution in [1.29, 1.82) is 0 Å². The number of hydrogen-bond acceptors (Lipinski definition) is 2. The van der Waals surface area contributed by atoms with Gasteiger partial charge in [-0.3, -0.25) is 9.59 Å². The summed E-state index contributed by atoms with van der Waals surface area (Å²) in [5, 5.41) is 8.66. The van der Waals surface area contributed by atoms with Crippen LogP contribution in [0.3, 0.4) is 0 Å². The second kappa shape index (κ2) is 5.17. The first-order valence-electron chi connectivity index (χ1n) is 4.20. The Morgan fingerprint density at radius 2 is 1.47 bits per heavy atom. The highest BCUT2D eigenvalue weighted by molar-refractivity contribution is 5.87. The van der Waals surface area contributed by atoms with Gasteiger partial charge in [-0.05, 0) is 0 Å². The Morgan fingerprint density at radius 1 is 1.05 bits per heavy atom. The highest BCUT2D eigenvalue weighted by Gasteiger charge is 2.78. The molecule has 12 heteroatoms. The lowest BCUT2D eigenvalue weighted by Crippen LogP contribution is -2.63. The SMILES string of the molecule is O=C(O)CNC(=O)C(F)(F)C(F)(F)C(F)(F)C(F)F. The average Bonchev–Trinajstić information content (AvgIpc) is 2.24. The minimum absolute atomic E-state index is 0.693. The molecule has 0 aromatic carbocycles. The van der Waals surface area contributed by atoms with Crippen LogP contribution < -0.4 is 5.32 Å². The van der Waals surface area contributed by atoms with Gasteiger partial charge in [0.15, 0.2) is 0 Å². The van der Waals surface area contributed by atoms with E-state index in [9.17, 15) is 44.7 Å². The van der Waals surface area contributed by atoms with Crippen molar-refractivity contribution in [3.8, 4) is 0 Å². The summed E-state index contributed by atoms with van der Waals surface area (Å²) in [5.74, 6) is -24.4. The maximum atomic E-state index is 12.7. The van der Waals surface area contributed by atoms with E-state index >= 15 is 0 Å². The van der Waals surface area contributed by atoms with Gasteiger partial charge in [-0.15, -0.1) is 0 Å². The van der Waals surface area contributed by atoms with Crippen molar-refractivity contribution >= 4 is 11.9 Å². The average molecular weight is 303 g/mol. The third-order valence-corrected chi connectivity index (χ3v) is 1.77. The summed E-state index contributed by atoms with van der Waals surface area (Å²) in [4.78, 5) is 20.4. The quantitative estimate of drug-likeness (QED) is 0.728. The topological polar surface area (TPSA) is 66.4 Å². The summed E-state index contributed by atoms with van der Waals surface area (Å²) >= 11 is 0. The van der Waals surface area contributed by atoms with E-state index in [-0.39, 0.29) is 0 Å². The molecule has 0 saturated carbocycles. The van der Waals surface area contributed by atoms with Crippen LogP contribution in [0, 0.1) is 0 Å². The molecule has 4 nitrogen and oxygen atoms in total. The number of aliphatic carboxylic acids is 1. The zero-order valence-corrected chi connectivity index (χ0v) is 8.57. The molecule has 0 saturated heterocycles. The highest BCUT2D eigenvalue weighted by Crippen LogP contribution is 2.48. The van der Waals surface area contributed by atoms with Crippen LogP contribution in [0.5, 0.6) is 0 Å². The van der Waals surface area contributed by atoms with Crippen LogP contribution in [0.2, 0.25) is 0 Å². The van der Waals surface area contributed by atoms with Gasteiger partial charge in [0.25, 0.3) is 5.91 Å². The molecule has 2 N–H and O–H groups in total. The fourth-order valence-electron chi connectivity index (χ4n) is 0.756. The first-order valence-corrected chi connectivity index (χ1v) is 4.20. The Kier molecular flexibility index (Phi) is 4.73. The van der Waals surface area contributed by atoms with Gasteiger partial charge in [0.2, 0.25) is 0 Å². The van der Waals surface area contributed by atoms with Crippen molar-refractivity contribution in [2.75, 3.05) is 6.54 Å². The minimum Gasteiger partial charge on any atom is -0.480 e. The van der Waals surface area contributed by atoms with E-state index in [1.54, 1.807) is 0 Å². The third-order valence-electron chi connectivity index (χ3n) is 1.77. The number of hydrogen-bond donors (Lipinski definition) is 2. The number of rotatable bonds is 6. The maximum absolute atomic E-state index is 12.7. The lowest BCUT2D eigenvalue weighted by Gasteiger charge is -2.31. The molecule has 0 unspecified atom stereocenters. The predicted octanol–water partition coefficient (Wildman–Crippen LogP) is 1.36. The molecule has 0 aromatic heterocycles. The summed E-state index contributed by atoms with van der Waals surface area (Å²) in [6, 6.07) is 0. The summed E-state index contributed by atoms with van der Waals surface area (Å²) in [6.45, 7) is -1.58. The largest absolute Gasteiger partial charge is 0.480 e. The van der Waals surface area contributed by atoms with Crippen molar-refractivity contribution < 1.29 is 49.8 Å². The number of halogens is 8. The minimum atomic E-state index is -6.70. The monoisotopic (exact) mass is 303 g/mol. The number of carboxylic acid groups (broad SMARTS) is 1. The van der Waals surface area contributed by atoms with Gasteiger partial charge in [0, 0.05) is 0 Å². The van der Waals surface area contributed by atoms with Gasteiger partial charge in [-0.25, -0.2) is 8.78 Å². The molecule has 0 heterocycles. The van der Waals surface area contributed by atoms with Crippen LogP contribution in [0.4, 0.5) is 35.1 Å². The molecule has 0 rings (SSSR count). The predicted molar refractivity (Wildman–Crippen MR) is 41.5 cm³/mol. The van der Waals surface area contributed by atoms with Crippen LogP contribution in [0.15, 0.2) is 0 Å². The molecular weight excluding hydrogens is 298 g/mol. The van der Waals surface area contributed by atoms with Crippen molar-refractivity contribution in [3.63, 3.8) is 0 Å². The smallest absolute Gasteiger partial charge is 0.392 e. The number of carbonyl (C=O) groups is 2. The summed E-state index contributed by atoms with van der Waals surface area (Å²) in [7, 11) is 0. The van der Waals surface area contributed by atoms with Gasteiger partial charge < -0.3 is 10.4 Å². The number of carbonyl (C=O) groups excluding carboxylic acids is 1. The molecule has 19 heavy (non-hydrogen) atoms. The van der Waals surface area contributed by atoms with Gasteiger partial charge in [0.05, 0.1) is 0 Å². The molecule has 0 aliphatic carbocycles. The van der Waals surface area contributed by atoms with Crippen molar-refractivity contribution in [2.45, 2.75) is 24.2 Å². The van der Waals surface area contributed by atoms with Gasteiger partial charge in [0.1, 0.15) is 6.54 Å².